The lowest BCUT2D eigenvalue weighted by Gasteiger charge is -2.26. The minimum Gasteiger partial charge on any atom is -0.497 e. The van der Waals surface area contributed by atoms with E-state index in [1.165, 1.54) is 0 Å². The van der Waals surface area contributed by atoms with Crippen LogP contribution in [0.15, 0.2) is 18.2 Å². The SMILES string of the molecule is COc1ccc2c(c1)OCCC2NC(=O)C(=O)O. The van der Waals surface area contributed by atoms with Crippen LogP contribution in [0.5, 0.6) is 11.5 Å². The number of nitrogens with one attached hydrogen (secondary N) is 1. The third kappa shape index (κ3) is 2.37. The van der Waals surface area contributed by atoms with Gasteiger partial charge >= 0.3 is 11.9 Å². The van der Waals surface area contributed by atoms with E-state index in [2.05, 4.69) is 5.32 Å². The van der Waals surface area contributed by atoms with Crippen LogP contribution in [-0.2, 0) is 9.59 Å². The van der Waals surface area contributed by atoms with Gasteiger partial charge in [-0.2, -0.15) is 0 Å². The maximum absolute atomic E-state index is 11.2. The molecule has 2 N–H and O–H groups in total. The Morgan fingerprint density at radius 3 is 2.94 bits per heavy atom. The number of rotatable bonds is 2. The first-order valence-electron chi connectivity index (χ1n) is 5.46. The van der Waals surface area contributed by atoms with Crippen molar-refractivity contribution >= 4 is 11.9 Å². The largest absolute Gasteiger partial charge is 0.497 e. The van der Waals surface area contributed by atoms with Crippen LogP contribution in [0.4, 0.5) is 0 Å². The number of carbonyl (C=O) groups is 2. The van der Waals surface area contributed by atoms with Crippen molar-refractivity contribution in [3.63, 3.8) is 0 Å². The molecule has 1 unspecified atom stereocenters. The van der Waals surface area contributed by atoms with Crippen LogP contribution in [0.25, 0.3) is 0 Å². The summed E-state index contributed by atoms with van der Waals surface area (Å²) >= 11 is 0. The van der Waals surface area contributed by atoms with Crippen molar-refractivity contribution in [1.29, 1.82) is 0 Å². The molecule has 0 bridgehead atoms. The topological polar surface area (TPSA) is 84.9 Å². The molecule has 6 heteroatoms. The van der Waals surface area contributed by atoms with Gasteiger partial charge in [0.2, 0.25) is 0 Å². The number of ether oxygens (including phenoxy) is 2. The Morgan fingerprint density at radius 2 is 2.28 bits per heavy atom. The number of carboxylic acid groups (broad SMARTS) is 1. The maximum Gasteiger partial charge on any atom is 0.394 e. The third-order valence-corrected chi connectivity index (χ3v) is 2.76. The molecule has 1 atom stereocenters. The second-order valence-corrected chi connectivity index (χ2v) is 3.87. The average Bonchev–Trinajstić information content (AvgIpc) is 2.38. The van der Waals surface area contributed by atoms with Gasteiger partial charge in [-0.15, -0.1) is 0 Å². The van der Waals surface area contributed by atoms with E-state index in [4.69, 9.17) is 14.6 Å². The average molecular weight is 251 g/mol. The van der Waals surface area contributed by atoms with Crippen molar-refractivity contribution in [3.8, 4) is 11.5 Å². The summed E-state index contributed by atoms with van der Waals surface area (Å²) < 4.78 is 10.5. The normalized spacial score (nSPS) is 17.3. The van der Waals surface area contributed by atoms with Crippen LogP contribution < -0.4 is 14.8 Å². The van der Waals surface area contributed by atoms with Gasteiger partial charge in [0.05, 0.1) is 19.8 Å². The van der Waals surface area contributed by atoms with Crippen LogP contribution in [0.1, 0.15) is 18.0 Å². The van der Waals surface area contributed by atoms with Crippen LogP contribution in [0.3, 0.4) is 0 Å². The zero-order chi connectivity index (χ0) is 13.1. The number of benzene rings is 1. The highest BCUT2D eigenvalue weighted by molar-refractivity contribution is 6.31. The van der Waals surface area contributed by atoms with Gasteiger partial charge < -0.3 is 19.9 Å². The zero-order valence-electron chi connectivity index (χ0n) is 9.80. The van der Waals surface area contributed by atoms with Gasteiger partial charge in [0, 0.05) is 18.1 Å². The van der Waals surface area contributed by atoms with E-state index in [0.717, 1.165) is 5.56 Å². The van der Waals surface area contributed by atoms with E-state index in [0.29, 0.717) is 24.5 Å². The molecule has 1 aromatic carbocycles. The standard InChI is InChI=1S/C12H13NO5/c1-17-7-2-3-8-9(13-11(14)12(15)16)4-5-18-10(8)6-7/h2-3,6,9H,4-5H2,1H3,(H,13,14)(H,15,16). The molecule has 1 aliphatic heterocycles. The molecule has 0 radical (unpaired) electrons. The first-order valence-corrected chi connectivity index (χ1v) is 5.46. The van der Waals surface area contributed by atoms with Crippen molar-refractivity contribution in [2.75, 3.05) is 13.7 Å². The van der Waals surface area contributed by atoms with Gasteiger partial charge in [-0.05, 0) is 12.1 Å². The summed E-state index contributed by atoms with van der Waals surface area (Å²) in [7, 11) is 1.55. The Balaban J connectivity index is 2.22. The first-order chi connectivity index (χ1) is 8.61. The summed E-state index contributed by atoms with van der Waals surface area (Å²) in [5, 5.41) is 11.0. The maximum atomic E-state index is 11.2. The van der Waals surface area contributed by atoms with Crippen LogP contribution >= 0.6 is 0 Å². The molecule has 2 rings (SSSR count). The molecule has 1 heterocycles. The molecule has 0 aliphatic carbocycles. The van der Waals surface area contributed by atoms with E-state index in [1.807, 2.05) is 0 Å². The molecule has 0 fully saturated rings. The van der Waals surface area contributed by atoms with Crippen molar-refractivity contribution < 1.29 is 24.2 Å². The Morgan fingerprint density at radius 1 is 1.50 bits per heavy atom. The fraction of sp³-hybridized carbons (Fsp3) is 0.333. The van der Waals surface area contributed by atoms with Gasteiger partial charge in [0.25, 0.3) is 0 Å². The summed E-state index contributed by atoms with van der Waals surface area (Å²) in [6.07, 6.45) is 0.540. The van der Waals surface area contributed by atoms with E-state index >= 15 is 0 Å². The lowest BCUT2D eigenvalue weighted by Crippen LogP contribution is -2.36. The van der Waals surface area contributed by atoms with Crippen LogP contribution in [0, 0.1) is 0 Å². The minimum absolute atomic E-state index is 0.344. The molecule has 96 valence electrons. The molecule has 1 aromatic rings. The highest BCUT2D eigenvalue weighted by Crippen LogP contribution is 2.34. The van der Waals surface area contributed by atoms with E-state index in [-0.39, 0.29) is 6.04 Å². The van der Waals surface area contributed by atoms with Crippen LogP contribution in [-0.4, -0.2) is 30.7 Å². The molecule has 0 saturated carbocycles. The number of carbonyl (C=O) groups excluding carboxylic acids is 1. The van der Waals surface area contributed by atoms with Crippen molar-refractivity contribution in [1.82, 2.24) is 5.32 Å². The van der Waals surface area contributed by atoms with Crippen LogP contribution in [0.2, 0.25) is 0 Å². The summed E-state index contributed by atoms with van der Waals surface area (Å²) in [5.74, 6) is -1.24. The number of hydrogen-bond donors (Lipinski definition) is 2. The molecule has 0 saturated heterocycles. The Kier molecular flexibility index (Phi) is 3.36. The Bertz CT molecular complexity index is 485. The zero-order valence-corrected chi connectivity index (χ0v) is 9.80. The Hall–Kier alpha value is -2.24. The van der Waals surface area contributed by atoms with E-state index < -0.39 is 11.9 Å². The highest BCUT2D eigenvalue weighted by atomic mass is 16.5. The van der Waals surface area contributed by atoms with Crippen molar-refractivity contribution in [2.24, 2.45) is 0 Å². The third-order valence-electron chi connectivity index (χ3n) is 2.76. The van der Waals surface area contributed by atoms with E-state index in [1.54, 1.807) is 25.3 Å². The predicted octanol–water partition coefficient (Wildman–Crippen LogP) is 0.720. The number of carboxylic acids is 1. The lowest BCUT2D eigenvalue weighted by atomic mass is 10.0. The predicted molar refractivity (Wildman–Crippen MR) is 61.6 cm³/mol. The molecular weight excluding hydrogens is 238 g/mol. The quantitative estimate of drug-likeness (QED) is 0.756. The summed E-state index contributed by atoms with van der Waals surface area (Å²) in [6, 6.07) is 4.88. The fourth-order valence-electron chi connectivity index (χ4n) is 1.87. The second kappa shape index (κ2) is 4.95. The highest BCUT2D eigenvalue weighted by Gasteiger charge is 2.25. The molecule has 0 spiro atoms. The smallest absolute Gasteiger partial charge is 0.394 e. The minimum atomic E-state index is -1.49. The summed E-state index contributed by atoms with van der Waals surface area (Å²) in [5.41, 5.74) is 0.761. The fourth-order valence-corrected chi connectivity index (χ4v) is 1.87. The lowest BCUT2D eigenvalue weighted by molar-refractivity contribution is -0.150. The number of methoxy groups -OCH3 is 1. The first kappa shape index (κ1) is 12.2. The molecule has 0 aromatic heterocycles. The molecule has 18 heavy (non-hydrogen) atoms. The van der Waals surface area contributed by atoms with Crippen molar-refractivity contribution in [2.45, 2.75) is 12.5 Å². The van der Waals surface area contributed by atoms with E-state index in [9.17, 15) is 9.59 Å². The summed E-state index contributed by atoms with van der Waals surface area (Å²) in [6.45, 7) is 0.421. The Labute approximate surface area is 104 Å². The number of fused-ring (bicyclic) bond motifs is 1. The summed E-state index contributed by atoms with van der Waals surface area (Å²) in [4.78, 5) is 21.7. The molecular formula is C12H13NO5. The number of aliphatic carboxylic acids is 1. The second-order valence-electron chi connectivity index (χ2n) is 3.87. The number of hydrogen-bond acceptors (Lipinski definition) is 4. The monoisotopic (exact) mass is 251 g/mol. The molecule has 1 amide bonds. The van der Waals surface area contributed by atoms with Gasteiger partial charge in [-0.1, -0.05) is 0 Å². The van der Waals surface area contributed by atoms with Gasteiger partial charge in [0.15, 0.2) is 0 Å². The van der Waals surface area contributed by atoms with Gasteiger partial charge in [-0.3, -0.25) is 4.79 Å². The molecule has 1 aliphatic rings. The number of amides is 1. The van der Waals surface area contributed by atoms with Gasteiger partial charge in [0.1, 0.15) is 11.5 Å². The molecule has 6 nitrogen and oxygen atoms in total. The van der Waals surface area contributed by atoms with Gasteiger partial charge in [-0.25, -0.2) is 4.79 Å². The van der Waals surface area contributed by atoms with Crippen molar-refractivity contribution in [3.05, 3.63) is 23.8 Å².